The molecule has 1 aliphatic carbocycles. The summed E-state index contributed by atoms with van der Waals surface area (Å²) in [7, 11) is 0. The van der Waals surface area contributed by atoms with Crippen LogP contribution in [0.1, 0.15) is 38.4 Å². The maximum atomic E-state index is 13.3. The van der Waals surface area contributed by atoms with Crippen LogP contribution in [0.5, 0.6) is 0 Å². The lowest BCUT2D eigenvalue weighted by Gasteiger charge is -2.39. The number of amides is 1. The summed E-state index contributed by atoms with van der Waals surface area (Å²) in [6.07, 6.45) is 6.55. The first-order chi connectivity index (χ1) is 13.1. The Kier molecular flexibility index (Phi) is 5.64. The second-order valence-electron chi connectivity index (χ2n) is 7.17. The zero-order chi connectivity index (χ0) is 18.8. The lowest BCUT2D eigenvalue weighted by molar-refractivity contribution is -0.129. The van der Waals surface area contributed by atoms with Crippen LogP contribution in [0, 0.1) is 5.92 Å². The Bertz CT molecular complexity index is 836. The highest BCUT2D eigenvalue weighted by Crippen LogP contribution is 2.42. The topological polar surface area (TPSA) is 45.5 Å². The number of halogens is 1. The maximum Gasteiger partial charge on any atom is 0.263 e. The highest BCUT2D eigenvalue weighted by atomic mass is 79.9. The third kappa shape index (κ3) is 4.11. The van der Waals surface area contributed by atoms with Gasteiger partial charge in [-0.1, -0.05) is 49.7 Å². The number of nitrogens with zero attached hydrogens (tertiary/aromatic N) is 1. The molecule has 3 atom stereocenters. The first-order valence-electron chi connectivity index (χ1n) is 9.40. The van der Waals surface area contributed by atoms with Crippen molar-refractivity contribution >= 4 is 45.4 Å². The van der Waals surface area contributed by atoms with E-state index in [-0.39, 0.29) is 17.4 Å². The summed E-state index contributed by atoms with van der Waals surface area (Å²) in [5.41, 5.74) is 0.924. The van der Waals surface area contributed by atoms with Crippen molar-refractivity contribution in [1.82, 2.24) is 4.90 Å². The van der Waals surface area contributed by atoms with Gasteiger partial charge < -0.3 is 14.6 Å². The molecule has 1 saturated heterocycles. The molecule has 0 radical (unpaired) electrons. The summed E-state index contributed by atoms with van der Waals surface area (Å²) in [5, 5.41) is 3.55. The Morgan fingerprint density at radius 2 is 1.96 bits per heavy atom. The number of anilines is 1. The first-order valence-corrected chi connectivity index (χ1v) is 11.1. The summed E-state index contributed by atoms with van der Waals surface area (Å²) < 4.78 is 6.25. The molecule has 1 N–H and O–H groups in total. The van der Waals surface area contributed by atoms with Gasteiger partial charge in [-0.15, -0.1) is 0 Å². The van der Waals surface area contributed by atoms with E-state index in [1.165, 1.54) is 19.3 Å². The van der Waals surface area contributed by atoms with E-state index >= 15 is 0 Å². The number of rotatable bonds is 4. The van der Waals surface area contributed by atoms with Crippen molar-refractivity contribution in [2.45, 2.75) is 44.1 Å². The van der Waals surface area contributed by atoms with Crippen LogP contribution in [0.2, 0.25) is 0 Å². The standard InChI is InChI=1S/C21H23BrN2O2S/c1-14-7-5-6-10-17(14)24-20(25)18(13-16-11-12-19(22)26-16)27-21(24)23-15-8-3-2-4-9-15/h2-4,8-9,11-14,17,21,23H,5-7,10H2,1H3/b18-13-/t14-,17-,21?/m1/s1. The van der Waals surface area contributed by atoms with Gasteiger partial charge in [-0.3, -0.25) is 4.79 Å². The second kappa shape index (κ2) is 8.15. The van der Waals surface area contributed by atoms with E-state index < -0.39 is 0 Å². The SMILES string of the molecule is C[C@@H]1CCCC[C@H]1N1C(=O)/C(=C/c2ccc(Br)o2)SC1Nc1ccccc1. The smallest absolute Gasteiger partial charge is 0.263 e. The quantitative estimate of drug-likeness (QED) is 0.590. The molecule has 1 saturated carbocycles. The number of carbonyl (C=O) groups excluding carboxylic acids is 1. The molecule has 1 aromatic heterocycles. The summed E-state index contributed by atoms with van der Waals surface area (Å²) in [5.74, 6) is 1.30. The fraction of sp³-hybridized carbons (Fsp3) is 0.381. The van der Waals surface area contributed by atoms with Crippen LogP contribution in [0.4, 0.5) is 5.69 Å². The largest absolute Gasteiger partial charge is 0.450 e. The molecule has 4 rings (SSSR count). The maximum absolute atomic E-state index is 13.3. The van der Waals surface area contributed by atoms with Gasteiger partial charge in [-0.2, -0.15) is 0 Å². The first kappa shape index (κ1) is 18.7. The van der Waals surface area contributed by atoms with Crippen LogP contribution in [-0.4, -0.2) is 22.3 Å². The van der Waals surface area contributed by atoms with Gasteiger partial charge in [0.2, 0.25) is 0 Å². The van der Waals surface area contributed by atoms with Crippen molar-refractivity contribution in [3.63, 3.8) is 0 Å². The molecule has 2 aliphatic rings. The van der Waals surface area contributed by atoms with Crippen molar-refractivity contribution in [3.8, 4) is 0 Å². The van der Waals surface area contributed by atoms with Gasteiger partial charge in [0.1, 0.15) is 5.76 Å². The fourth-order valence-electron chi connectivity index (χ4n) is 3.90. The molecule has 1 amide bonds. The molecule has 6 heteroatoms. The summed E-state index contributed by atoms with van der Waals surface area (Å²) in [4.78, 5) is 16.1. The number of hydrogen-bond donors (Lipinski definition) is 1. The molecular formula is C21H23BrN2O2S. The minimum Gasteiger partial charge on any atom is -0.450 e. The number of para-hydroxylation sites is 1. The average molecular weight is 447 g/mol. The van der Waals surface area contributed by atoms with Gasteiger partial charge >= 0.3 is 0 Å². The summed E-state index contributed by atoms with van der Waals surface area (Å²) >= 11 is 4.90. The van der Waals surface area contributed by atoms with E-state index in [0.29, 0.717) is 16.3 Å². The average Bonchev–Trinajstić information content (AvgIpc) is 3.20. The van der Waals surface area contributed by atoms with Crippen LogP contribution in [0.15, 0.2) is 56.5 Å². The predicted octanol–water partition coefficient (Wildman–Crippen LogP) is 5.93. The fourth-order valence-corrected chi connectivity index (χ4v) is 5.41. The zero-order valence-electron chi connectivity index (χ0n) is 15.2. The van der Waals surface area contributed by atoms with E-state index in [4.69, 9.17) is 4.42 Å². The third-order valence-electron chi connectivity index (χ3n) is 5.29. The molecule has 2 fully saturated rings. The Balaban J connectivity index is 1.63. The Labute approximate surface area is 172 Å². The molecule has 142 valence electrons. The lowest BCUT2D eigenvalue weighted by Crippen LogP contribution is -2.48. The molecule has 2 aromatic rings. The number of carbonyl (C=O) groups is 1. The van der Waals surface area contributed by atoms with E-state index in [1.54, 1.807) is 11.8 Å². The van der Waals surface area contributed by atoms with Gasteiger partial charge in [0, 0.05) is 17.8 Å². The van der Waals surface area contributed by atoms with E-state index in [0.717, 1.165) is 17.0 Å². The van der Waals surface area contributed by atoms with Crippen molar-refractivity contribution < 1.29 is 9.21 Å². The van der Waals surface area contributed by atoms with Gasteiger partial charge in [0.15, 0.2) is 10.2 Å². The Hall–Kier alpha value is -1.66. The lowest BCUT2D eigenvalue weighted by atomic mass is 9.85. The molecule has 0 spiro atoms. The molecule has 4 nitrogen and oxygen atoms in total. The van der Waals surface area contributed by atoms with E-state index in [1.807, 2.05) is 48.5 Å². The number of benzene rings is 1. The van der Waals surface area contributed by atoms with Gasteiger partial charge in [0.25, 0.3) is 5.91 Å². The molecule has 27 heavy (non-hydrogen) atoms. The van der Waals surface area contributed by atoms with E-state index in [9.17, 15) is 4.79 Å². The Morgan fingerprint density at radius 3 is 2.67 bits per heavy atom. The summed E-state index contributed by atoms with van der Waals surface area (Å²) in [6.45, 7) is 2.27. The molecule has 2 heterocycles. The molecular weight excluding hydrogens is 424 g/mol. The van der Waals surface area contributed by atoms with Crippen LogP contribution < -0.4 is 5.32 Å². The van der Waals surface area contributed by atoms with Crippen molar-refractivity contribution in [2.24, 2.45) is 5.92 Å². The molecule has 1 aliphatic heterocycles. The number of hydrogen-bond acceptors (Lipinski definition) is 4. The predicted molar refractivity (Wildman–Crippen MR) is 114 cm³/mol. The van der Waals surface area contributed by atoms with Gasteiger partial charge in [-0.25, -0.2) is 0 Å². The van der Waals surface area contributed by atoms with Crippen LogP contribution in [-0.2, 0) is 4.79 Å². The van der Waals surface area contributed by atoms with Crippen molar-refractivity contribution in [2.75, 3.05) is 5.32 Å². The Morgan fingerprint density at radius 1 is 1.19 bits per heavy atom. The number of furan rings is 1. The van der Waals surface area contributed by atoms with Gasteiger partial charge in [0.05, 0.1) is 4.91 Å². The van der Waals surface area contributed by atoms with E-state index in [2.05, 4.69) is 33.1 Å². The number of thioether (sulfide) groups is 1. The minimum atomic E-state index is -0.102. The molecule has 1 aromatic carbocycles. The molecule has 0 bridgehead atoms. The highest BCUT2D eigenvalue weighted by molar-refractivity contribution is 9.10. The molecule has 1 unspecified atom stereocenters. The third-order valence-corrected chi connectivity index (χ3v) is 6.83. The van der Waals surface area contributed by atoms with Crippen molar-refractivity contribution in [3.05, 3.63) is 57.8 Å². The summed E-state index contributed by atoms with van der Waals surface area (Å²) in [6, 6.07) is 14.1. The van der Waals surface area contributed by atoms with Crippen LogP contribution >= 0.6 is 27.7 Å². The normalized spacial score (nSPS) is 27.3. The van der Waals surface area contributed by atoms with Gasteiger partial charge in [-0.05, 0) is 59.0 Å². The minimum absolute atomic E-state index is 0.0969. The second-order valence-corrected chi connectivity index (χ2v) is 9.08. The van der Waals surface area contributed by atoms with Crippen LogP contribution in [0.25, 0.3) is 6.08 Å². The zero-order valence-corrected chi connectivity index (χ0v) is 17.6. The monoisotopic (exact) mass is 446 g/mol. The number of nitrogens with one attached hydrogen (secondary N) is 1. The highest BCUT2D eigenvalue weighted by Gasteiger charge is 2.43. The van der Waals surface area contributed by atoms with Crippen LogP contribution in [0.3, 0.4) is 0 Å². The van der Waals surface area contributed by atoms with Crippen molar-refractivity contribution in [1.29, 1.82) is 0 Å².